The van der Waals surface area contributed by atoms with E-state index in [9.17, 15) is 0 Å². The molecule has 0 amide bonds. The van der Waals surface area contributed by atoms with Crippen LogP contribution in [0.5, 0.6) is 0 Å². The van der Waals surface area contributed by atoms with E-state index >= 15 is 0 Å². The second-order valence-electron chi connectivity index (χ2n) is 3.19. The molecule has 5 heteroatoms. The minimum absolute atomic E-state index is 0.393. The molecule has 1 heterocycles. The van der Waals surface area contributed by atoms with Crippen LogP contribution >= 0.6 is 45.2 Å². The van der Waals surface area contributed by atoms with Crippen LogP contribution in [-0.2, 0) is 0 Å². The molecule has 0 bridgehead atoms. The van der Waals surface area contributed by atoms with Gasteiger partial charge in [0.2, 0.25) is 0 Å². The Morgan fingerprint density at radius 3 is 2.85 bits per heavy atom. The first-order chi connectivity index (χ1) is 6.13. The molecule has 80 valence electrons. The Labute approximate surface area is 118 Å². The van der Waals surface area contributed by atoms with Crippen molar-refractivity contribution in [1.29, 1.82) is 0 Å². The van der Waals surface area contributed by atoms with E-state index in [0.717, 1.165) is 11.9 Å². The first kappa shape index (κ1) is 13.2. The Bertz CT molecular complexity index is 154. The normalized spacial score (nSPS) is 37.1. The second-order valence-corrected chi connectivity index (χ2v) is 12.8. The predicted molar refractivity (Wildman–Crippen MR) is 70.5 cm³/mol. The molecule has 4 atom stereocenters. The first-order valence-electron chi connectivity index (χ1n) is 4.44. The van der Waals surface area contributed by atoms with E-state index < -0.39 is 0 Å². The molecule has 1 saturated heterocycles. The Morgan fingerprint density at radius 2 is 2.31 bits per heavy atom. The molecule has 2 unspecified atom stereocenters. The molecule has 1 fully saturated rings. The van der Waals surface area contributed by atoms with E-state index in [1.54, 1.807) is 0 Å². The van der Waals surface area contributed by atoms with Gasteiger partial charge in [-0.25, -0.2) is 0 Å². The summed E-state index contributed by atoms with van der Waals surface area (Å²) in [4.78, 5) is 0. The Kier molecular flexibility index (Phi) is 6.73. The summed E-state index contributed by atoms with van der Waals surface area (Å²) in [6.07, 6.45) is 1.38. The summed E-state index contributed by atoms with van der Waals surface area (Å²) in [5.41, 5.74) is 0. The molecule has 1 aliphatic rings. The third kappa shape index (κ3) is 4.64. The number of alkyl halides is 4. The van der Waals surface area contributed by atoms with Gasteiger partial charge in [-0.05, 0) is 0 Å². The molecule has 0 radical (unpaired) electrons. The average molecular weight is 521 g/mol. The van der Waals surface area contributed by atoms with Gasteiger partial charge in [-0.1, -0.05) is 0 Å². The topological polar surface area (TPSA) is 24.1 Å². The Morgan fingerprint density at radius 1 is 1.62 bits per heavy atom. The van der Waals surface area contributed by atoms with E-state index in [1.165, 1.54) is 13.0 Å². The summed E-state index contributed by atoms with van der Waals surface area (Å²) in [5.74, 6) is 0. The quantitative estimate of drug-likeness (QED) is 0.270. The average Bonchev–Trinajstić information content (AvgIpc) is 2.42. The summed E-state index contributed by atoms with van der Waals surface area (Å²) in [6, 6.07) is 0.775. The molecule has 0 spiro atoms. The van der Waals surface area contributed by atoms with Crippen LogP contribution in [0.4, 0.5) is 0 Å². The van der Waals surface area contributed by atoms with E-state index in [1.807, 2.05) is 0 Å². The van der Waals surface area contributed by atoms with Crippen molar-refractivity contribution in [2.24, 2.45) is 0 Å². The van der Waals surface area contributed by atoms with Crippen LogP contribution in [0, 0.1) is 0 Å². The van der Waals surface area contributed by atoms with Gasteiger partial charge in [-0.15, -0.1) is 0 Å². The molecule has 0 saturated carbocycles. The molecule has 1 rings (SSSR count). The van der Waals surface area contributed by atoms with Gasteiger partial charge in [0.1, 0.15) is 0 Å². The van der Waals surface area contributed by atoms with Gasteiger partial charge in [-0.2, -0.15) is 0 Å². The fraction of sp³-hybridized carbons (Fsp3) is 1.00. The van der Waals surface area contributed by atoms with Gasteiger partial charge in [0, 0.05) is 0 Å². The van der Waals surface area contributed by atoms with Gasteiger partial charge in [0.05, 0.1) is 0 Å². The van der Waals surface area contributed by atoms with Gasteiger partial charge >= 0.3 is 120 Å². The van der Waals surface area contributed by atoms with Crippen LogP contribution in [0.3, 0.4) is 0 Å². The standard InChI is InChI=1S/C8H16I3N2/c1-5(9)13-4-6-7(12-2)3-8(10)11-6/h5-8,12-13H,3-4H2,1-2H3/q-1/t5?,6-,7?,8-/m1/s1. The molecular weight excluding hydrogens is 505 g/mol. The van der Waals surface area contributed by atoms with Crippen LogP contribution in [0.15, 0.2) is 0 Å². The molecule has 13 heavy (non-hydrogen) atoms. The van der Waals surface area contributed by atoms with Crippen LogP contribution in [0.25, 0.3) is 0 Å². The van der Waals surface area contributed by atoms with E-state index in [4.69, 9.17) is 0 Å². The van der Waals surface area contributed by atoms with E-state index in [-0.39, 0.29) is 0 Å². The number of nitrogens with one attached hydrogen (secondary N) is 2. The van der Waals surface area contributed by atoms with Crippen molar-refractivity contribution in [3.05, 3.63) is 0 Å². The zero-order valence-corrected chi connectivity index (χ0v) is 14.3. The fourth-order valence-corrected chi connectivity index (χ4v) is 8.07. The molecule has 0 aliphatic carbocycles. The number of rotatable bonds is 4. The summed E-state index contributed by atoms with van der Waals surface area (Å²) in [5, 5.41) is 6.99. The molecule has 1 aliphatic heterocycles. The zero-order chi connectivity index (χ0) is 9.84. The predicted octanol–water partition coefficient (Wildman–Crippen LogP) is -1.43. The third-order valence-corrected chi connectivity index (χ3v) is 8.43. The van der Waals surface area contributed by atoms with Crippen LogP contribution in [0.2, 0.25) is 0 Å². The molecule has 2 N–H and O–H groups in total. The Hall–Kier alpha value is 2.11. The fourth-order valence-electron chi connectivity index (χ4n) is 1.41. The van der Waals surface area contributed by atoms with Gasteiger partial charge in [0.15, 0.2) is 0 Å². The van der Waals surface area contributed by atoms with Crippen molar-refractivity contribution in [1.82, 2.24) is 10.6 Å². The van der Waals surface area contributed by atoms with Crippen LogP contribution in [0.1, 0.15) is 13.3 Å². The number of hydrogen-bond acceptors (Lipinski definition) is 2. The van der Waals surface area contributed by atoms with Crippen molar-refractivity contribution in [2.75, 3.05) is 13.6 Å². The summed E-state index contributed by atoms with van der Waals surface area (Å²) >= 11 is 5.45. The minimum atomic E-state index is 0.393. The maximum atomic E-state index is 3.54. The SMILES string of the molecule is CNC1C[C@H](I)[I-][C@@H]1CNC(C)I. The van der Waals surface area contributed by atoms with Crippen molar-refractivity contribution in [2.45, 2.75) is 29.3 Å². The van der Waals surface area contributed by atoms with E-state index in [0.29, 0.717) is 25.3 Å². The summed E-state index contributed by atoms with van der Waals surface area (Å²) in [7, 11) is 2.10. The van der Waals surface area contributed by atoms with E-state index in [2.05, 4.69) is 69.8 Å². The monoisotopic (exact) mass is 521 g/mol. The number of hydrogen-bond donors (Lipinski definition) is 2. The van der Waals surface area contributed by atoms with Crippen molar-refractivity contribution < 1.29 is 21.2 Å². The maximum absolute atomic E-state index is 3.54. The number of halogens is 3. The molecule has 0 aromatic carbocycles. The Balaban J connectivity index is 2.31. The molecule has 0 aromatic heterocycles. The van der Waals surface area contributed by atoms with Gasteiger partial charge < -0.3 is 0 Å². The molecule has 2 nitrogen and oxygen atoms in total. The second kappa shape index (κ2) is 6.64. The molecular formula is C8H16I3N2-. The van der Waals surface area contributed by atoms with Gasteiger partial charge in [0.25, 0.3) is 0 Å². The van der Waals surface area contributed by atoms with Crippen molar-refractivity contribution in [3.63, 3.8) is 0 Å². The molecule has 0 aromatic rings. The van der Waals surface area contributed by atoms with Crippen LogP contribution in [-0.4, -0.2) is 29.5 Å². The van der Waals surface area contributed by atoms with Crippen molar-refractivity contribution in [3.8, 4) is 0 Å². The third-order valence-electron chi connectivity index (χ3n) is 2.13. The summed E-state index contributed by atoms with van der Waals surface area (Å²) < 4.78 is 2.51. The van der Waals surface area contributed by atoms with Gasteiger partial charge in [-0.3, -0.25) is 0 Å². The zero-order valence-electron chi connectivity index (χ0n) is 7.86. The first-order valence-corrected chi connectivity index (χ1v) is 9.42. The summed E-state index contributed by atoms with van der Waals surface area (Å²) in [6.45, 7) is 3.42. The van der Waals surface area contributed by atoms with Crippen molar-refractivity contribution >= 4 is 45.2 Å². The van der Waals surface area contributed by atoms with Crippen LogP contribution < -0.4 is 31.8 Å².